The van der Waals surface area contributed by atoms with Gasteiger partial charge in [0.2, 0.25) is 0 Å². The van der Waals surface area contributed by atoms with E-state index in [0.29, 0.717) is 11.3 Å². The van der Waals surface area contributed by atoms with E-state index in [0.717, 1.165) is 24.0 Å². The lowest BCUT2D eigenvalue weighted by Crippen LogP contribution is -2.08. The van der Waals surface area contributed by atoms with Gasteiger partial charge in [0.05, 0.1) is 5.56 Å². The molecular formula is C25H24O3. The normalized spacial score (nSPS) is 11.6. The third-order valence-electron chi connectivity index (χ3n) is 4.71. The molecule has 0 saturated heterocycles. The van der Waals surface area contributed by atoms with Gasteiger partial charge in [0.15, 0.2) is 0 Å². The molecule has 142 valence electrons. The molecule has 0 spiro atoms. The zero-order chi connectivity index (χ0) is 19.9. The highest BCUT2D eigenvalue weighted by atomic mass is 16.5. The second kappa shape index (κ2) is 9.05. The van der Waals surface area contributed by atoms with E-state index in [2.05, 4.69) is 13.8 Å². The van der Waals surface area contributed by atoms with E-state index >= 15 is 0 Å². The zero-order valence-electron chi connectivity index (χ0n) is 16.2. The molecule has 0 heterocycles. The summed E-state index contributed by atoms with van der Waals surface area (Å²) in [5.74, 6) is 0.426. The standard InChI is InChI=1S/C25H24O3/c1-3-23(18-10-14-21(26)15-11-18)24(4-2)19-12-16-22(17-13-19)28-25(27)20-8-6-5-7-9-20/h5-17,26H,3-4H2,1-2H3/b24-23+. The Hall–Kier alpha value is -3.33. The molecule has 1 N–H and O–H groups in total. The van der Waals surface area contributed by atoms with Crippen LogP contribution in [0.4, 0.5) is 0 Å². The lowest BCUT2D eigenvalue weighted by molar-refractivity contribution is 0.0734. The Morgan fingerprint density at radius 1 is 0.714 bits per heavy atom. The first-order chi connectivity index (χ1) is 13.6. The number of carbonyl (C=O) groups excluding carboxylic acids is 1. The predicted octanol–water partition coefficient (Wildman–Crippen LogP) is 6.34. The number of benzene rings is 3. The molecule has 0 aromatic heterocycles. The number of aromatic hydroxyl groups is 1. The van der Waals surface area contributed by atoms with Gasteiger partial charge in [0, 0.05) is 0 Å². The van der Waals surface area contributed by atoms with E-state index < -0.39 is 0 Å². The van der Waals surface area contributed by atoms with Crippen molar-refractivity contribution < 1.29 is 14.6 Å². The van der Waals surface area contributed by atoms with Crippen molar-refractivity contribution in [2.75, 3.05) is 0 Å². The molecule has 0 aliphatic rings. The number of ether oxygens (including phenoxy) is 1. The number of phenols is 1. The molecule has 28 heavy (non-hydrogen) atoms. The lowest BCUT2D eigenvalue weighted by atomic mass is 9.91. The lowest BCUT2D eigenvalue weighted by Gasteiger charge is -2.15. The third kappa shape index (κ3) is 4.49. The Kier molecular flexibility index (Phi) is 6.28. The van der Waals surface area contributed by atoms with E-state index in [4.69, 9.17) is 4.74 Å². The van der Waals surface area contributed by atoms with Gasteiger partial charge < -0.3 is 9.84 Å². The van der Waals surface area contributed by atoms with E-state index in [9.17, 15) is 9.90 Å². The van der Waals surface area contributed by atoms with Crippen molar-refractivity contribution in [3.05, 3.63) is 95.6 Å². The highest BCUT2D eigenvalue weighted by Crippen LogP contribution is 2.32. The van der Waals surface area contributed by atoms with Crippen molar-refractivity contribution in [1.82, 2.24) is 0 Å². The average molecular weight is 372 g/mol. The SMILES string of the molecule is CC/C(=C(/CC)c1ccc(OC(=O)c2ccccc2)cc1)c1ccc(O)cc1. The van der Waals surface area contributed by atoms with Crippen LogP contribution in [-0.4, -0.2) is 11.1 Å². The van der Waals surface area contributed by atoms with Crippen LogP contribution in [0.2, 0.25) is 0 Å². The van der Waals surface area contributed by atoms with Crippen LogP contribution in [0.1, 0.15) is 48.2 Å². The summed E-state index contributed by atoms with van der Waals surface area (Å²) in [6.07, 6.45) is 1.77. The molecule has 0 radical (unpaired) electrons. The minimum Gasteiger partial charge on any atom is -0.508 e. The first kappa shape index (κ1) is 19.4. The quantitative estimate of drug-likeness (QED) is 0.312. The summed E-state index contributed by atoms with van der Waals surface area (Å²) in [6.45, 7) is 4.27. The van der Waals surface area contributed by atoms with Crippen molar-refractivity contribution in [2.45, 2.75) is 26.7 Å². The molecular weight excluding hydrogens is 348 g/mol. The van der Waals surface area contributed by atoms with Crippen LogP contribution in [0.25, 0.3) is 11.1 Å². The van der Waals surface area contributed by atoms with Gasteiger partial charge in [0.1, 0.15) is 11.5 Å². The fourth-order valence-corrected chi connectivity index (χ4v) is 3.31. The van der Waals surface area contributed by atoms with Crippen molar-refractivity contribution in [2.24, 2.45) is 0 Å². The first-order valence-corrected chi connectivity index (χ1v) is 9.51. The number of carbonyl (C=O) groups is 1. The van der Waals surface area contributed by atoms with Gasteiger partial charge >= 0.3 is 5.97 Å². The second-order valence-electron chi connectivity index (χ2n) is 6.49. The number of hydrogen-bond acceptors (Lipinski definition) is 3. The number of phenolic OH excluding ortho intramolecular Hbond substituents is 1. The van der Waals surface area contributed by atoms with E-state index in [1.165, 1.54) is 11.1 Å². The molecule has 0 bridgehead atoms. The molecule has 0 saturated carbocycles. The summed E-state index contributed by atoms with van der Waals surface area (Å²) in [7, 11) is 0. The molecule has 3 nitrogen and oxygen atoms in total. The van der Waals surface area contributed by atoms with Gasteiger partial charge in [0.25, 0.3) is 0 Å². The molecule has 0 unspecified atom stereocenters. The van der Waals surface area contributed by atoms with Crippen LogP contribution in [0.5, 0.6) is 11.5 Å². The van der Waals surface area contributed by atoms with Gasteiger partial charge in [-0.2, -0.15) is 0 Å². The van der Waals surface area contributed by atoms with Gasteiger partial charge in [-0.3, -0.25) is 0 Å². The topological polar surface area (TPSA) is 46.5 Å². The maximum atomic E-state index is 12.2. The summed E-state index contributed by atoms with van der Waals surface area (Å²) >= 11 is 0. The Morgan fingerprint density at radius 3 is 1.71 bits per heavy atom. The molecule has 0 amide bonds. The van der Waals surface area contributed by atoms with E-state index in [1.807, 2.05) is 54.6 Å². The predicted molar refractivity (Wildman–Crippen MR) is 113 cm³/mol. The highest BCUT2D eigenvalue weighted by Gasteiger charge is 2.11. The average Bonchev–Trinajstić information content (AvgIpc) is 2.74. The first-order valence-electron chi connectivity index (χ1n) is 9.51. The van der Waals surface area contributed by atoms with Crippen molar-refractivity contribution >= 4 is 17.1 Å². The monoisotopic (exact) mass is 372 g/mol. The largest absolute Gasteiger partial charge is 0.508 e. The Labute approximate surface area is 165 Å². The van der Waals surface area contributed by atoms with Gasteiger partial charge in [-0.05, 0) is 71.5 Å². The molecule has 3 rings (SSSR count). The number of esters is 1. The number of hydrogen-bond donors (Lipinski definition) is 1. The molecule has 0 atom stereocenters. The molecule has 3 aromatic rings. The molecule has 0 aliphatic carbocycles. The maximum absolute atomic E-state index is 12.2. The smallest absolute Gasteiger partial charge is 0.343 e. The summed E-state index contributed by atoms with van der Waals surface area (Å²) in [6, 6.07) is 23.9. The summed E-state index contributed by atoms with van der Waals surface area (Å²) in [5.41, 5.74) is 5.23. The van der Waals surface area contributed by atoms with E-state index in [1.54, 1.807) is 24.3 Å². The summed E-state index contributed by atoms with van der Waals surface area (Å²) in [5, 5.41) is 9.55. The fraction of sp³-hybridized carbons (Fsp3) is 0.160. The van der Waals surface area contributed by atoms with Gasteiger partial charge in [-0.1, -0.05) is 56.3 Å². The maximum Gasteiger partial charge on any atom is 0.343 e. The van der Waals surface area contributed by atoms with Crippen LogP contribution >= 0.6 is 0 Å². The Bertz CT molecular complexity index is 953. The van der Waals surface area contributed by atoms with Crippen LogP contribution in [0, 0.1) is 0 Å². The highest BCUT2D eigenvalue weighted by molar-refractivity contribution is 5.92. The Balaban J connectivity index is 1.85. The molecule has 3 heteroatoms. The minimum atomic E-state index is -0.363. The second-order valence-corrected chi connectivity index (χ2v) is 6.49. The molecule has 0 fully saturated rings. The summed E-state index contributed by atoms with van der Waals surface area (Å²) < 4.78 is 5.47. The fourth-order valence-electron chi connectivity index (χ4n) is 3.31. The van der Waals surface area contributed by atoms with Crippen LogP contribution in [0.15, 0.2) is 78.9 Å². The van der Waals surface area contributed by atoms with Crippen molar-refractivity contribution in [3.8, 4) is 11.5 Å². The van der Waals surface area contributed by atoms with Gasteiger partial charge in [-0.15, -0.1) is 0 Å². The molecule has 3 aromatic carbocycles. The van der Waals surface area contributed by atoms with Crippen molar-refractivity contribution in [1.29, 1.82) is 0 Å². The van der Waals surface area contributed by atoms with Crippen LogP contribution in [0.3, 0.4) is 0 Å². The van der Waals surface area contributed by atoms with Crippen LogP contribution < -0.4 is 4.74 Å². The van der Waals surface area contributed by atoms with Crippen molar-refractivity contribution in [3.63, 3.8) is 0 Å². The zero-order valence-corrected chi connectivity index (χ0v) is 16.2. The summed E-state index contributed by atoms with van der Waals surface area (Å²) in [4.78, 5) is 12.2. The van der Waals surface area contributed by atoms with E-state index in [-0.39, 0.29) is 11.7 Å². The minimum absolute atomic E-state index is 0.266. The van der Waals surface area contributed by atoms with Gasteiger partial charge in [-0.25, -0.2) is 4.79 Å². The number of rotatable bonds is 6. The third-order valence-corrected chi connectivity index (χ3v) is 4.71. The number of allylic oxidation sites excluding steroid dienone is 2. The Morgan fingerprint density at radius 2 is 1.21 bits per heavy atom. The molecule has 0 aliphatic heterocycles. The van der Waals surface area contributed by atoms with Crippen LogP contribution in [-0.2, 0) is 0 Å².